The number of aromatic nitrogens is 1. The van der Waals surface area contributed by atoms with E-state index >= 15 is 0 Å². The zero-order valence-electron chi connectivity index (χ0n) is 13.8. The predicted molar refractivity (Wildman–Crippen MR) is 92.8 cm³/mol. The Morgan fingerprint density at radius 3 is 2.79 bits per heavy atom. The molecular formula is C17H23ClN4O2. The zero-order chi connectivity index (χ0) is 17.1. The molecule has 1 aliphatic carbocycles. The molecule has 2 amide bonds. The Bertz CT molecular complexity index is 603. The third kappa shape index (κ3) is 4.45. The Morgan fingerprint density at radius 1 is 1.33 bits per heavy atom. The molecule has 3 rings (SSSR count). The van der Waals surface area contributed by atoms with Crippen LogP contribution in [0.2, 0.25) is 5.02 Å². The van der Waals surface area contributed by atoms with Crippen molar-refractivity contribution in [3.63, 3.8) is 0 Å². The van der Waals surface area contributed by atoms with Crippen LogP contribution < -0.4 is 10.6 Å². The van der Waals surface area contributed by atoms with Gasteiger partial charge in [0, 0.05) is 18.8 Å². The molecule has 2 fully saturated rings. The summed E-state index contributed by atoms with van der Waals surface area (Å²) >= 11 is 5.80. The summed E-state index contributed by atoms with van der Waals surface area (Å²) in [4.78, 5) is 30.9. The fourth-order valence-corrected chi connectivity index (χ4v) is 3.08. The van der Waals surface area contributed by atoms with Gasteiger partial charge in [-0.1, -0.05) is 11.6 Å². The molecule has 24 heavy (non-hydrogen) atoms. The first-order valence-corrected chi connectivity index (χ1v) is 8.87. The third-order valence-corrected chi connectivity index (χ3v) is 4.88. The van der Waals surface area contributed by atoms with Crippen LogP contribution in [-0.2, 0) is 9.59 Å². The highest BCUT2D eigenvalue weighted by Gasteiger charge is 2.33. The second kappa shape index (κ2) is 7.49. The monoisotopic (exact) mass is 350 g/mol. The third-order valence-electron chi connectivity index (χ3n) is 4.65. The van der Waals surface area contributed by atoms with Crippen molar-refractivity contribution in [3.05, 3.63) is 23.4 Å². The molecule has 2 atom stereocenters. The molecule has 2 aliphatic rings. The number of carbonyl (C=O) groups is 2. The summed E-state index contributed by atoms with van der Waals surface area (Å²) in [5, 5.41) is 6.40. The van der Waals surface area contributed by atoms with E-state index in [2.05, 4.69) is 20.5 Å². The van der Waals surface area contributed by atoms with Crippen molar-refractivity contribution in [2.75, 3.05) is 18.4 Å². The van der Waals surface area contributed by atoms with Gasteiger partial charge < -0.3 is 10.6 Å². The van der Waals surface area contributed by atoms with E-state index in [0.29, 0.717) is 23.4 Å². The molecule has 6 nitrogen and oxygen atoms in total. The number of hydrogen-bond acceptors (Lipinski definition) is 4. The Balaban J connectivity index is 1.54. The average molecular weight is 351 g/mol. The smallest absolute Gasteiger partial charge is 0.237 e. The van der Waals surface area contributed by atoms with Crippen LogP contribution in [0.25, 0.3) is 0 Å². The molecule has 0 radical (unpaired) electrons. The van der Waals surface area contributed by atoms with Gasteiger partial charge in [0.15, 0.2) is 0 Å². The first kappa shape index (κ1) is 17.2. The van der Waals surface area contributed by atoms with Gasteiger partial charge in [0.05, 0.1) is 17.0 Å². The Labute approximate surface area is 147 Å². The van der Waals surface area contributed by atoms with Crippen LogP contribution in [0, 0.1) is 5.92 Å². The fourth-order valence-electron chi connectivity index (χ4n) is 2.97. The van der Waals surface area contributed by atoms with Crippen molar-refractivity contribution in [3.8, 4) is 0 Å². The first-order chi connectivity index (χ1) is 11.5. The summed E-state index contributed by atoms with van der Waals surface area (Å²) in [6.07, 6.45) is 5.41. The largest absolute Gasteiger partial charge is 0.352 e. The van der Waals surface area contributed by atoms with E-state index in [0.717, 1.165) is 32.2 Å². The summed E-state index contributed by atoms with van der Waals surface area (Å²) in [6, 6.07) is 3.54. The van der Waals surface area contributed by atoms with Crippen molar-refractivity contribution < 1.29 is 9.59 Å². The van der Waals surface area contributed by atoms with Crippen LogP contribution in [0.4, 0.5) is 5.82 Å². The van der Waals surface area contributed by atoms with Crippen LogP contribution in [0.1, 0.15) is 32.6 Å². The minimum Gasteiger partial charge on any atom is -0.352 e. The van der Waals surface area contributed by atoms with Crippen LogP contribution in [-0.4, -0.2) is 46.9 Å². The Hall–Kier alpha value is -1.66. The molecule has 1 aromatic heterocycles. The number of amides is 2. The van der Waals surface area contributed by atoms with Crippen LogP contribution in [0.5, 0.6) is 0 Å². The first-order valence-electron chi connectivity index (χ1n) is 8.50. The summed E-state index contributed by atoms with van der Waals surface area (Å²) in [7, 11) is 0. The number of rotatable bonds is 5. The lowest BCUT2D eigenvalue weighted by Crippen LogP contribution is -2.51. The number of nitrogens with one attached hydrogen (secondary N) is 2. The minimum absolute atomic E-state index is 0.0516. The SMILES string of the molecule is CC(C(=O)NC1CC1)N1CCCC(C(=O)Nc2ccc(Cl)cn2)C1. The number of anilines is 1. The Morgan fingerprint density at radius 2 is 2.12 bits per heavy atom. The van der Waals surface area contributed by atoms with Gasteiger partial charge in [-0.2, -0.15) is 0 Å². The van der Waals surface area contributed by atoms with Crippen LogP contribution in [0.15, 0.2) is 18.3 Å². The topological polar surface area (TPSA) is 74.3 Å². The molecule has 1 aromatic rings. The van der Waals surface area contributed by atoms with Gasteiger partial charge in [-0.25, -0.2) is 4.98 Å². The molecule has 2 unspecified atom stereocenters. The second-order valence-corrected chi connectivity index (χ2v) is 7.08. The standard InChI is InChI=1S/C17H23ClN4O2/c1-11(16(23)20-14-5-6-14)22-8-2-3-12(10-22)17(24)21-15-7-4-13(18)9-19-15/h4,7,9,11-12,14H,2-3,5-6,8,10H2,1H3,(H,20,23)(H,19,21,24). The molecule has 0 spiro atoms. The quantitative estimate of drug-likeness (QED) is 0.852. The number of carbonyl (C=O) groups excluding carboxylic acids is 2. The number of pyridine rings is 1. The second-order valence-electron chi connectivity index (χ2n) is 6.64. The van der Waals surface area contributed by atoms with Crippen molar-refractivity contribution in [2.24, 2.45) is 5.92 Å². The van der Waals surface area contributed by atoms with Gasteiger partial charge in [0.1, 0.15) is 5.82 Å². The Kier molecular flexibility index (Phi) is 5.36. The van der Waals surface area contributed by atoms with Gasteiger partial charge in [0.2, 0.25) is 11.8 Å². The predicted octanol–water partition coefficient (Wildman–Crippen LogP) is 2.05. The normalized spacial score (nSPS) is 22.7. The van der Waals surface area contributed by atoms with Crippen molar-refractivity contribution >= 4 is 29.2 Å². The lowest BCUT2D eigenvalue weighted by Gasteiger charge is -2.35. The van der Waals surface area contributed by atoms with E-state index in [1.165, 1.54) is 6.20 Å². The number of piperidine rings is 1. The van der Waals surface area contributed by atoms with Gasteiger partial charge in [-0.05, 0) is 51.3 Å². The van der Waals surface area contributed by atoms with Crippen molar-refractivity contribution in [1.29, 1.82) is 0 Å². The molecule has 0 bridgehead atoms. The highest BCUT2D eigenvalue weighted by Crippen LogP contribution is 2.22. The number of nitrogens with zero attached hydrogens (tertiary/aromatic N) is 2. The van der Waals surface area contributed by atoms with Gasteiger partial charge >= 0.3 is 0 Å². The molecule has 2 heterocycles. The number of likely N-dealkylation sites (tertiary alicyclic amines) is 1. The van der Waals surface area contributed by atoms with E-state index in [9.17, 15) is 9.59 Å². The maximum Gasteiger partial charge on any atom is 0.237 e. The van der Waals surface area contributed by atoms with E-state index in [1.54, 1.807) is 12.1 Å². The highest BCUT2D eigenvalue weighted by molar-refractivity contribution is 6.30. The maximum absolute atomic E-state index is 12.5. The maximum atomic E-state index is 12.5. The van der Waals surface area contributed by atoms with E-state index in [1.807, 2.05) is 6.92 Å². The molecule has 2 N–H and O–H groups in total. The number of hydrogen-bond donors (Lipinski definition) is 2. The minimum atomic E-state index is -0.199. The fraction of sp³-hybridized carbons (Fsp3) is 0.588. The highest BCUT2D eigenvalue weighted by atomic mass is 35.5. The zero-order valence-corrected chi connectivity index (χ0v) is 14.6. The summed E-state index contributed by atoms with van der Waals surface area (Å²) < 4.78 is 0. The molecule has 1 saturated carbocycles. The van der Waals surface area contributed by atoms with Gasteiger partial charge in [-0.3, -0.25) is 14.5 Å². The molecular weight excluding hydrogens is 328 g/mol. The van der Waals surface area contributed by atoms with Gasteiger partial charge in [0.25, 0.3) is 0 Å². The molecule has 1 saturated heterocycles. The van der Waals surface area contributed by atoms with Crippen LogP contribution >= 0.6 is 11.6 Å². The summed E-state index contributed by atoms with van der Waals surface area (Å²) in [6.45, 7) is 3.36. The van der Waals surface area contributed by atoms with Crippen molar-refractivity contribution in [1.82, 2.24) is 15.2 Å². The molecule has 7 heteroatoms. The van der Waals surface area contributed by atoms with E-state index in [4.69, 9.17) is 11.6 Å². The van der Waals surface area contributed by atoms with E-state index < -0.39 is 0 Å². The average Bonchev–Trinajstić information content (AvgIpc) is 3.40. The number of halogens is 1. The van der Waals surface area contributed by atoms with Crippen LogP contribution in [0.3, 0.4) is 0 Å². The van der Waals surface area contributed by atoms with E-state index in [-0.39, 0.29) is 23.8 Å². The van der Waals surface area contributed by atoms with Gasteiger partial charge in [-0.15, -0.1) is 0 Å². The summed E-state index contributed by atoms with van der Waals surface area (Å²) in [5.41, 5.74) is 0. The lowest BCUT2D eigenvalue weighted by molar-refractivity contribution is -0.129. The molecule has 0 aromatic carbocycles. The summed E-state index contributed by atoms with van der Waals surface area (Å²) in [5.74, 6) is 0.385. The molecule has 1 aliphatic heterocycles. The lowest BCUT2D eigenvalue weighted by atomic mass is 9.96. The van der Waals surface area contributed by atoms with Crippen molar-refractivity contribution in [2.45, 2.75) is 44.7 Å². The molecule has 130 valence electrons.